The number of halogens is 1. The van der Waals surface area contributed by atoms with Crippen LogP contribution in [0.2, 0.25) is 0 Å². The Bertz CT molecular complexity index is 494. The van der Waals surface area contributed by atoms with E-state index in [0.29, 0.717) is 0 Å². The quantitative estimate of drug-likeness (QED) is 0.830. The molecule has 0 aromatic carbocycles. The van der Waals surface area contributed by atoms with E-state index in [9.17, 15) is 0 Å². The second kappa shape index (κ2) is 5.42. The van der Waals surface area contributed by atoms with E-state index in [-0.39, 0.29) is 0 Å². The van der Waals surface area contributed by atoms with Crippen molar-refractivity contribution in [3.63, 3.8) is 0 Å². The number of hydrogen-bond donors (Lipinski definition) is 2. The molecule has 1 fully saturated rings. The number of hydrogen-bond acceptors (Lipinski definition) is 5. The average Bonchev–Trinajstić information content (AvgIpc) is 3.02. The maximum Gasteiger partial charge on any atom is 0.226 e. The number of fused-ring (bicyclic) bond motifs is 1. The summed E-state index contributed by atoms with van der Waals surface area (Å²) in [5.74, 6) is 0.808. The molecule has 6 nitrogen and oxygen atoms in total. The van der Waals surface area contributed by atoms with Gasteiger partial charge in [-0.15, -0.1) is 0 Å². The van der Waals surface area contributed by atoms with Crippen molar-refractivity contribution >= 4 is 32.9 Å². The molecule has 7 heteroatoms. The molecule has 2 aromatic rings. The standard InChI is InChI=1S/C9H10BrN5.CH4O/c10-8-7-6(13-14-8)5-11-9(12-7)15-3-1-2-4-15;1-2/h5H,1-4H2,(H,13,14);2H,1H3. The number of rotatable bonds is 1. The fraction of sp³-hybridized carbons (Fsp3) is 0.500. The fourth-order valence-electron chi connectivity index (χ4n) is 1.84. The first kappa shape index (κ1) is 12.3. The summed E-state index contributed by atoms with van der Waals surface area (Å²) >= 11 is 3.38. The highest BCUT2D eigenvalue weighted by Crippen LogP contribution is 2.22. The van der Waals surface area contributed by atoms with Crippen molar-refractivity contribution in [2.24, 2.45) is 0 Å². The van der Waals surface area contributed by atoms with Crippen LogP contribution >= 0.6 is 15.9 Å². The van der Waals surface area contributed by atoms with E-state index in [2.05, 4.69) is 41.0 Å². The molecular weight excluding hydrogens is 286 g/mol. The Balaban J connectivity index is 0.000000514. The third-order valence-electron chi connectivity index (χ3n) is 2.63. The molecule has 0 spiro atoms. The molecule has 0 radical (unpaired) electrons. The molecule has 92 valence electrons. The van der Waals surface area contributed by atoms with E-state index in [0.717, 1.165) is 41.8 Å². The number of aromatic amines is 1. The minimum Gasteiger partial charge on any atom is -0.400 e. The van der Waals surface area contributed by atoms with Gasteiger partial charge < -0.3 is 10.0 Å². The van der Waals surface area contributed by atoms with Crippen molar-refractivity contribution in [2.45, 2.75) is 12.8 Å². The SMILES string of the molecule is Brc1[nH]nc2cnc(N3CCCC3)nc12.CO. The molecule has 0 aliphatic carbocycles. The number of anilines is 1. The highest BCUT2D eigenvalue weighted by Gasteiger charge is 2.16. The van der Waals surface area contributed by atoms with Crippen molar-refractivity contribution in [1.29, 1.82) is 0 Å². The Morgan fingerprint density at radius 1 is 1.35 bits per heavy atom. The Hall–Kier alpha value is -1.21. The third-order valence-corrected chi connectivity index (χ3v) is 3.18. The lowest BCUT2D eigenvalue weighted by molar-refractivity contribution is 0.399. The van der Waals surface area contributed by atoms with Crippen LogP contribution in [0.15, 0.2) is 10.8 Å². The van der Waals surface area contributed by atoms with Gasteiger partial charge in [-0.05, 0) is 28.8 Å². The number of nitrogens with zero attached hydrogens (tertiary/aromatic N) is 4. The largest absolute Gasteiger partial charge is 0.400 e. The molecule has 3 rings (SSSR count). The van der Waals surface area contributed by atoms with Gasteiger partial charge in [-0.1, -0.05) is 0 Å². The monoisotopic (exact) mass is 299 g/mol. The molecule has 0 amide bonds. The number of aliphatic hydroxyl groups is 1. The van der Waals surface area contributed by atoms with Gasteiger partial charge in [0.1, 0.15) is 15.6 Å². The maximum atomic E-state index is 7.00. The summed E-state index contributed by atoms with van der Waals surface area (Å²) in [6.07, 6.45) is 4.22. The topological polar surface area (TPSA) is 77.9 Å². The van der Waals surface area contributed by atoms with Gasteiger partial charge in [-0.2, -0.15) is 5.10 Å². The molecule has 2 aromatic heterocycles. The lowest BCUT2D eigenvalue weighted by Crippen LogP contribution is -2.20. The smallest absolute Gasteiger partial charge is 0.226 e. The van der Waals surface area contributed by atoms with Crippen LogP contribution in [0.4, 0.5) is 5.95 Å². The fourth-order valence-corrected chi connectivity index (χ4v) is 2.22. The predicted octanol–water partition coefficient (Wildman–Crippen LogP) is 1.32. The molecule has 1 aliphatic rings. The highest BCUT2D eigenvalue weighted by molar-refractivity contribution is 9.10. The van der Waals surface area contributed by atoms with E-state index in [4.69, 9.17) is 5.11 Å². The number of aromatic nitrogens is 4. The van der Waals surface area contributed by atoms with E-state index >= 15 is 0 Å². The minimum absolute atomic E-state index is 0.796. The van der Waals surface area contributed by atoms with Gasteiger partial charge in [-0.25, -0.2) is 9.97 Å². The third kappa shape index (κ3) is 2.39. The Kier molecular flexibility index (Phi) is 3.90. The predicted molar refractivity (Wildman–Crippen MR) is 69.0 cm³/mol. The van der Waals surface area contributed by atoms with Crippen LogP contribution < -0.4 is 4.90 Å². The van der Waals surface area contributed by atoms with Gasteiger partial charge in [0.15, 0.2) is 0 Å². The van der Waals surface area contributed by atoms with Crippen molar-refractivity contribution < 1.29 is 5.11 Å². The molecule has 17 heavy (non-hydrogen) atoms. The van der Waals surface area contributed by atoms with Crippen molar-refractivity contribution in [1.82, 2.24) is 20.2 Å². The van der Waals surface area contributed by atoms with Gasteiger partial charge >= 0.3 is 0 Å². The zero-order chi connectivity index (χ0) is 12.3. The van der Waals surface area contributed by atoms with Gasteiger partial charge in [0.2, 0.25) is 5.95 Å². The first-order chi connectivity index (χ1) is 8.34. The first-order valence-corrected chi connectivity index (χ1v) is 6.20. The highest BCUT2D eigenvalue weighted by atomic mass is 79.9. The van der Waals surface area contributed by atoms with Crippen LogP contribution in [-0.2, 0) is 0 Å². The molecule has 3 heterocycles. The lowest BCUT2D eigenvalue weighted by Gasteiger charge is -2.13. The summed E-state index contributed by atoms with van der Waals surface area (Å²) in [4.78, 5) is 11.0. The van der Waals surface area contributed by atoms with Gasteiger partial charge in [0.25, 0.3) is 0 Å². The Labute approximate surface area is 107 Å². The van der Waals surface area contributed by atoms with Crippen molar-refractivity contribution in [3.05, 3.63) is 10.8 Å². The van der Waals surface area contributed by atoms with E-state index in [1.807, 2.05) is 0 Å². The van der Waals surface area contributed by atoms with Crippen LogP contribution in [0.5, 0.6) is 0 Å². The normalized spacial score (nSPS) is 14.9. The van der Waals surface area contributed by atoms with Crippen LogP contribution in [0.25, 0.3) is 11.0 Å². The average molecular weight is 300 g/mol. The van der Waals surface area contributed by atoms with Crippen molar-refractivity contribution in [2.75, 3.05) is 25.1 Å². The number of H-pyrrole nitrogens is 1. The molecule has 0 atom stereocenters. The van der Waals surface area contributed by atoms with E-state index < -0.39 is 0 Å². The zero-order valence-corrected chi connectivity index (χ0v) is 11.1. The molecule has 0 unspecified atom stereocenters. The van der Waals surface area contributed by atoms with E-state index in [1.165, 1.54) is 12.8 Å². The lowest BCUT2D eigenvalue weighted by atomic mass is 10.4. The van der Waals surface area contributed by atoms with Crippen molar-refractivity contribution in [3.8, 4) is 0 Å². The van der Waals surface area contributed by atoms with E-state index in [1.54, 1.807) is 6.20 Å². The first-order valence-electron chi connectivity index (χ1n) is 5.41. The summed E-state index contributed by atoms with van der Waals surface area (Å²) in [5, 5.41) is 13.9. The van der Waals surface area contributed by atoms with Gasteiger partial charge in [-0.3, -0.25) is 5.10 Å². The summed E-state index contributed by atoms with van der Waals surface area (Å²) in [7, 11) is 1.00. The molecular formula is C10H14BrN5O. The second-order valence-electron chi connectivity index (χ2n) is 3.64. The Morgan fingerprint density at radius 3 is 2.76 bits per heavy atom. The van der Waals surface area contributed by atoms with Gasteiger partial charge in [0, 0.05) is 20.2 Å². The molecule has 1 saturated heterocycles. The van der Waals surface area contributed by atoms with Crippen LogP contribution in [-0.4, -0.2) is 45.5 Å². The van der Waals surface area contributed by atoms with Crippen LogP contribution in [0.1, 0.15) is 12.8 Å². The minimum atomic E-state index is 0.796. The number of nitrogens with one attached hydrogen (secondary N) is 1. The van der Waals surface area contributed by atoms with Crippen LogP contribution in [0.3, 0.4) is 0 Å². The van der Waals surface area contributed by atoms with Gasteiger partial charge in [0.05, 0.1) is 6.20 Å². The summed E-state index contributed by atoms with van der Waals surface area (Å²) in [5.41, 5.74) is 1.65. The number of aliphatic hydroxyl groups excluding tert-OH is 1. The molecule has 0 saturated carbocycles. The molecule has 2 N–H and O–H groups in total. The van der Waals surface area contributed by atoms with Crippen LogP contribution in [0, 0.1) is 0 Å². The molecule has 0 bridgehead atoms. The zero-order valence-electron chi connectivity index (χ0n) is 9.52. The summed E-state index contributed by atoms with van der Waals surface area (Å²) < 4.78 is 0.820. The second-order valence-corrected chi connectivity index (χ2v) is 4.43. The Morgan fingerprint density at radius 2 is 2.06 bits per heavy atom. The summed E-state index contributed by atoms with van der Waals surface area (Å²) in [6.45, 7) is 2.11. The summed E-state index contributed by atoms with van der Waals surface area (Å²) in [6, 6.07) is 0. The molecule has 1 aliphatic heterocycles. The maximum absolute atomic E-state index is 7.00.